The highest BCUT2D eigenvalue weighted by Crippen LogP contribution is 2.30. The summed E-state index contributed by atoms with van der Waals surface area (Å²) in [7, 11) is 0. The van der Waals surface area contributed by atoms with Gasteiger partial charge >= 0.3 is 0 Å². The number of nitrogens with one attached hydrogen (secondary N) is 1. The van der Waals surface area contributed by atoms with Gasteiger partial charge < -0.3 is 10.1 Å². The van der Waals surface area contributed by atoms with Gasteiger partial charge in [0.15, 0.2) is 0 Å². The van der Waals surface area contributed by atoms with Gasteiger partial charge in [-0.2, -0.15) is 0 Å². The Bertz CT molecular complexity index is 199. The lowest BCUT2D eigenvalue weighted by Crippen LogP contribution is -2.45. The average Bonchev–Trinajstić information content (AvgIpc) is 2.70. The molecule has 0 aromatic heterocycles. The van der Waals surface area contributed by atoms with E-state index in [0.29, 0.717) is 12.2 Å². The topological polar surface area (TPSA) is 21.3 Å². The van der Waals surface area contributed by atoms with Gasteiger partial charge in [0.05, 0.1) is 12.2 Å². The third-order valence-corrected chi connectivity index (χ3v) is 3.93. The van der Waals surface area contributed by atoms with E-state index >= 15 is 0 Å². The second kappa shape index (κ2) is 6.02. The molecule has 2 atom stereocenters. The molecule has 2 aliphatic rings. The van der Waals surface area contributed by atoms with Gasteiger partial charge in [-0.1, -0.05) is 39.5 Å². The van der Waals surface area contributed by atoms with Gasteiger partial charge in [0.1, 0.15) is 0 Å². The second-order valence-electron chi connectivity index (χ2n) is 6.05. The molecule has 1 aliphatic heterocycles. The van der Waals surface area contributed by atoms with Crippen molar-refractivity contribution < 1.29 is 4.74 Å². The Hall–Kier alpha value is -0.0800. The Morgan fingerprint density at radius 2 is 1.81 bits per heavy atom. The third-order valence-electron chi connectivity index (χ3n) is 3.93. The van der Waals surface area contributed by atoms with Gasteiger partial charge in [-0.15, -0.1) is 0 Å². The normalized spacial score (nSPS) is 32.4. The molecule has 1 heterocycles. The Morgan fingerprint density at radius 1 is 1.12 bits per heavy atom. The zero-order valence-electron chi connectivity index (χ0n) is 10.9. The first-order chi connectivity index (χ1) is 7.74. The van der Waals surface area contributed by atoms with Crippen LogP contribution in [0.4, 0.5) is 0 Å². The predicted octanol–water partition coefficient (Wildman–Crippen LogP) is 2.97. The molecule has 0 bridgehead atoms. The first-order valence-electron chi connectivity index (χ1n) is 7.10. The number of ether oxygens (including phenoxy) is 1. The summed E-state index contributed by atoms with van der Waals surface area (Å²) in [4.78, 5) is 0. The van der Waals surface area contributed by atoms with Gasteiger partial charge in [0, 0.05) is 13.1 Å². The number of hydrogen-bond donors (Lipinski definition) is 1. The Morgan fingerprint density at radius 3 is 2.50 bits per heavy atom. The lowest BCUT2D eigenvalue weighted by atomic mass is 9.98. The van der Waals surface area contributed by atoms with Crippen molar-refractivity contribution in [2.45, 2.75) is 64.6 Å². The maximum absolute atomic E-state index is 6.20. The van der Waals surface area contributed by atoms with Crippen LogP contribution in [-0.4, -0.2) is 25.3 Å². The monoisotopic (exact) mass is 225 g/mol. The molecule has 0 radical (unpaired) electrons. The fourth-order valence-electron chi connectivity index (χ4n) is 3.20. The van der Waals surface area contributed by atoms with Gasteiger partial charge in [0.2, 0.25) is 0 Å². The van der Waals surface area contributed by atoms with Crippen molar-refractivity contribution in [1.29, 1.82) is 0 Å². The zero-order valence-corrected chi connectivity index (χ0v) is 10.9. The van der Waals surface area contributed by atoms with Crippen LogP contribution in [0, 0.1) is 11.8 Å². The molecule has 0 amide bonds. The van der Waals surface area contributed by atoms with Crippen LogP contribution in [0.3, 0.4) is 0 Å². The molecule has 94 valence electrons. The minimum absolute atomic E-state index is 0.458. The van der Waals surface area contributed by atoms with E-state index in [4.69, 9.17) is 4.74 Å². The smallest absolute Gasteiger partial charge is 0.0706 e. The molecule has 0 aromatic carbocycles. The molecule has 2 fully saturated rings. The SMILES string of the molecule is CC(C)CC1CNCC(CC2CCCC2)O1. The van der Waals surface area contributed by atoms with Crippen molar-refractivity contribution in [1.82, 2.24) is 5.32 Å². The van der Waals surface area contributed by atoms with Crippen LogP contribution >= 0.6 is 0 Å². The maximum Gasteiger partial charge on any atom is 0.0706 e. The van der Waals surface area contributed by atoms with E-state index in [1.54, 1.807) is 0 Å². The van der Waals surface area contributed by atoms with E-state index < -0.39 is 0 Å². The van der Waals surface area contributed by atoms with Crippen LogP contribution in [0.25, 0.3) is 0 Å². The molecule has 16 heavy (non-hydrogen) atoms. The van der Waals surface area contributed by atoms with Crippen LogP contribution in [-0.2, 0) is 4.74 Å². The largest absolute Gasteiger partial charge is 0.372 e. The van der Waals surface area contributed by atoms with E-state index in [2.05, 4.69) is 19.2 Å². The Labute approximate surface area is 100 Å². The molecular weight excluding hydrogens is 198 g/mol. The highest BCUT2D eigenvalue weighted by molar-refractivity contribution is 4.79. The first-order valence-corrected chi connectivity index (χ1v) is 7.10. The predicted molar refractivity (Wildman–Crippen MR) is 67.6 cm³/mol. The lowest BCUT2D eigenvalue weighted by molar-refractivity contribution is -0.0549. The maximum atomic E-state index is 6.20. The minimum Gasteiger partial charge on any atom is -0.372 e. The third kappa shape index (κ3) is 3.74. The molecule has 1 saturated heterocycles. The molecule has 1 saturated carbocycles. The fourth-order valence-corrected chi connectivity index (χ4v) is 3.20. The highest BCUT2D eigenvalue weighted by atomic mass is 16.5. The van der Waals surface area contributed by atoms with Crippen LogP contribution in [0.15, 0.2) is 0 Å². The molecule has 2 heteroatoms. The summed E-state index contributed by atoms with van der Waals surface area (Å²) in [6.45, 7) is 6.69. The average molecular weight is 225 g/mol. The van der Waals surface area contributed by atoms with Crippen molar-refractivity contribution in [3.8, 4) is 0 Å². The Balaban J connectivity index is 1.72. The summed E-state index contributed by atoms with van der Waals surface area (Å²) in [5.74, 6) is 1.70. The molecular formula is C14H27NO. The van der Waals surface area contributed by atoms with Crippen molar-refractivity contribution in [3.63, 3.8) is 0 Å². The number of hydrogen-bond acceptors (Lipinski definition) is 2. The van der Waals surface area contributed by atoms with Crippen LogP contribution in [0.2, 0.25) is 0 Å². The molecule has 0 aromatic rings. The summed E-state index contributed by atoms with van der Waals surface area (Å²) >= 11 is 0. The second-order valence-corrected chi connectivity index (χ2v) is 6.05. The molecule has 1 N–H and O–H groups in total. The van der Waals surface area contributed by atoms with Crippen molar-refractivity contribution in [2.24, 2.45) is 11.8 Å². The van der Waals surface area contributed by atoms with E-state index in [0.717, 1.165) is 24.9 Å². The molecule has 2 rings (SSSR count). The molecule has 0 spiro atoms. The van der Waals surface area contributed by atoms with E-state index in [1.165, 1.54) is 38.5 Å². The Kier molecular flexibility index (Phi) is 4.66. The number of morpholine rings is 1. The summed E-state index contributed by atoms with van der Waals surface area (Å²) in [6.07, 6.45) is 9.21. The summed E-state index contributed by atoms with van der Waals surface area (Å²) in [6, 6.07) is 0. The van der Waals surface area contributed by atoms with Crippen molar-refractivity contribution in [2.75, 3.05) is 13.1 Å². The highest BCUT2D eigenvalue weighted by Gasteiger charge is 2.26. The minimum atomic E-state index is 0.458. The lowest BCUT2D eigenvalue weighted by Gasteiger charge is -2.33. The number of rotatable bonds is 4. The standard InChI is InChI=1S/C14H27NO/c1-11(2)7-13-9-15-10-14(16-13)8-12-5-3-4-6-12/h11-15H,3-10H2,1-2H3. The fraction of sp³-hybridized carbons (Fsp3) is 1.00. The molecule has 1 aliphatic carbocycles. The zero-order chi connectivity index (χ0) is 11.4. The van der Waals surface area contributed by atoms with Crippen molar-refractivity contribution >= 4 is 0 Å². The van der Waals surface area contributed by atoms with Crippen LogP contribution < -0.4 is 5.32 Å². The summed E-state index contributed by atoms with van der Waals surface area (Å²) in [5.41, 5.74) is 0. The van der Waals surface area contributed by atoms with Crippen molar-refractivity contribution in [3.05, 3.63) is 0 Å². The quantitative estimate of drug-likeness (QED) is 0.794. The van der Waals surface area contributed by atoms with Crippen LogP contribution in [0.5, 0.6) is 0 Å². The van der Waals surface area contributed by atoms with Gasteiger partial charge in [0.25, 0.3) is 0 Å². The molecule has 2 unspecified atom stereocenters. The van der Waals surface area contributed by atoms with Gasteiger partial charge in [-0.3, -0.25) is 0 Å². The van der Waals surface area contributed by atoms with Gasteiger partial charge in [-0.05, 0) is 24.7 Å². The van der Waals surface area contributed by atoms with E-state index in [-0.39, 0.29) is 0 Å². The van der Waals surface area contributed by atoms with E-state index in [1.807, 2.05) is 0 Å². The molecule has 2 nitrogen and oxygen atoms in total. The van der Waals surface area contributed by atoms with Crippen LogP contribution in [0.1, 0.15) is 52.4 Å². The summed E-state index contributed by atoms with van der Waals surface area (Å²) < 4.78 is 6.20. The first kappa shape index (κ1) is 12.4. The van der Waals surface area contributed by atoms with E-state index in [9.17, 15) is 0 Å². The van der Waals surface area contributed by atoms with Gasteiger partial charge in [-0.25, -0.2) is 0 Å². The summed E-state index contributed by atoms with van der Waals surface area (Å²) in [5, 5.41) is 3.54.